The predicted molar refractivity (Wildman–Crippen MR) is 118 cm³/mol. The van der Waals surface area contributed by atoms with Gasteiger partial charge < -0.3 is 19.4 Å². The van der Waals surface area contributed by atoms with Gasteiger partial charge in [0.2, 0.25) is 5.95 Å². The molecule has 4 aromatic heterocycles. The van der Waals surface area contributed by atoms with Crippen LogP contribution in [0, 0.1) is 6.92 Å². The lowest BCUT2D eigenvalue weighted by Gasteiger charge is -2.35. The molecule has 1 saturated carbocycles. The molecule has 0 atom stereocenters. The number of anilines is 1. The Hall–Kier alpha value is -3.04. The van der Waals surface area contributed by atoms with Gasteiger partial charge in [0.05, 0.1) is 36.7 Å². The molecule has 1 fully saturated rings. The highest BCUT2D eigenvalue weighted by Gasteiger charge is 2.30. The molecular formula is C22H27N7O2. The molecule has 0 radical (unpaired) electrons. The smallest absolute Gasteiger partial charge is 0.241 e. The summed E-state index contributed by atoms with van der Waals surface area (Å²) < 4.78 is 14.7. The van der Waals surface area contributed by atoms with Gasteiger partial charge in [0.1, 0.15) is 11.3 Å². The molecule has 5 rings (SSSR count). The molecule has 0 saturated heterocycles. The Labute approximate surface area is 180 Å². The number of aryl methyl sites for hydroxylation is 2. The molecule has 1 aliphatic carbocycles. The molecule has 4 aromatic rings. The maximum Gasteiger partial charge on any atom is 0.241 e. The average molecular weight is 422 g/mol. The summed E-state index contributed by atoms with van der Waals surface area (Å²) in [4.78, 5) is 14.0. The number of methoxy groups -OCH3 is 1. The molecule has 4 heterocycles. The van der Waals surface area contributed by atoms with Crippen molar-refractivity contribution in [3.05, 3.63) is 36.4 Å². The molecule has 9 nitrogen and oxygen atoms in total. The van der Waals surface area contributed by atoms with Crippen LogP contribution in [0.2, 0.25) is 0 Å². The Bertz CT molecular complexity index is 1210. The first-order valence-corrected chi connectivity index (χ1v) is 10.7. The minimum atomic E-state index is 0.288. The lowest BCUT2D eigenvalue weighted by atomic mass is 9.89. The molecule has 1 aliphatic rings. The molecule has 31 heavy (non-hydrogen) atoms. The number of hydrogen-bond donors (Lipinski definition) is 1. The molecule has 1 N–H and O–H groups in total. The fourth-order valence-corrected chi connectivity index (χ4v) is 4.13. The fraction of sp³-hybridized carbons (Fsp3) is 0.455. The summed E-state index contributed by atoms with van der Waals surface area (Å²) in [6, 6.07) is 6.40. The second-order valence-corrected chi connectivity index (χ2v) is 7.88. The van der Waals surface area contributed by atoms with Crippen molar-refractivity contribution in [2.75, 3.05) is 25.6 Å². The number of aromatic nitrogens is 6. The van der Waals surface area contributed by atoms with Gasteiger partial charge in [0.15, 0.2) is 5.65 Å². The lowest BCUT2D eigenvalue weighted by Crippen LogP contribution is -2.41. The van der Waals surface area contributed by atoms with Crippen molar-refractivity contribution in [1.82, 2.24) is 29.1 Å². The molecular weight excluding hydrogens is 394 g/mol. The van der Waals surface area contributed by atoms with Crippen LogP contribution in [0.4, 0.5) is 5.95 Å². The van der Waals surface area contributed by atoms with E-state index >= 15 is 0 Å². The monoisotopic (exact) mass is 421 g/mol. The highest BCUT2D eigenvalue weighted by molar-refractivity contribution is 5.82. The highest BCUT2D eigenvalue weighted by Crippen LogP contribution is 2.28. The second-order valence-electron chi connectivity index (χ2n) is 7.88. The van der Waals surface area contributed by atoms with Crippen molar-refractivity contribution >= 4 is 22.6 Å². The van der Waals surface area contributed by atoms with Crippen molar-refractivity contribution in [3.63, 3.8) is 0 Å². The summed E-state index contributed by atoms with van der Waals surface area (Å²) in [7, 11) is 1.68. The van der Waals surface area contributed by atoms with Crippen molar-refractivity contribution in [2.24, 2.45) is 0 Å². The molecule has 162 valence electrons. The maximum absolute atomic E-state index is 5.73. The molecule has 0 spiro atoms. The molecule has 0 aliphatic heterocycles. The normalized spacial score (nSPS) is 18.5. The molecule has 0 bridgehead atoms. The number of pyridine rings is 1. The first-order chi connectivity index (χ1) is 15.2. The van der Waals surface area contributed by atoms with E-state index in [2.05, 4.69) is 31.9 Å². The van der Waals surface area contributed by atoms with Gasteiger partial charge in [-0.3, -0.25) is 0 Å². The quantitative estimate of drug-likeness (QED) is 0.437. The third-order valence-corrected chi connectivity index (χ3v) is 5.86. The maximum atomic E-state index is 5.73. The van der Waals surface area contributed by atoms with Crippen LogP contribution in [-0.4, -0.2) is 61.6 Å². The van der Waals surface area contributed by atoms with Crippen LogP contribution in [0.25, 0.3) is 27.9 Å². The Morgan fingerprint density at radius 1 is 1.16 bits per heavy atom. The first kappa shape index (κ1) is 19.9. The van der Waals surface area contributed by atoms with Crippen molar-refractivity contribution in [1.29, 1.82) is 0 Å². The summed E-state index contributed by atoms with van der Waals surface area (Å²) in [5, 5.41) is 8.03. The van der Waals surface area contributed by atoms with E-state index in [1.54, 1.807) is 7.11 Å². The number of nitrogens with zero attached hydrogens (tertiary/aromatic N) is 6. The minimum Gasteiger partial charge on any atom is -0.382 e. The summed E-state index contributed by atoms with van der Waals surface area (Å²) in [6.07, 6.45) is 6.00. The van der Waals surface area contributed by atoms with Gasteiger partial charge >= 0.3 is 0 Å². The minimum absolute atomic E-state index is 0.288. The predicted octanol–water partition coefficient (Wildman–Crippen LogP) is 3.08. The van der Waals surface area contributed by atoms with E-state index in [9.17, 15) is 0 Å². The lowest BCUT2D eigenvalue weighted by molar-refractivity contribution is -0.0261. The van der Waals surface area contributed by atoms with Crippen molar-refractivity contribution < 1.29 is 9.47 Å². The number of hydrogen-bond acceptors (Lipinski definition) is 7. The van der Waals surface area contributed by atoms with Gasteiger partial charge in [-0.2, -0.15) is 0 Å². The van der Waals surface area contributed by atoms with Crippen LogP contribution in [0.5, 0.6) is 0 Å². The van der Waals surface area contributed by atoms with E-state index < -0.39 is 0 Å². The van der Waals surface area contributed by atoms with Crippen LogP contribution in [0.1, 0.15) is 25.6 Å². The van der Waals surface area contributed by atoms with E-state index in [0.717, 1.165) is 53.1 Å². The van der Waals surface area contributed by atoms with Crippen LogP contribution in [-0.2, 0) is 16.0 Å². The molecule has 9 heteroatoms. The topological polar surface area (TPSA) is 91.4 Å². The Balaban J connectivity index is 1.33. The Kier molecular flexibility index (Phi) is 5.29. The van der Waals surface area contributed by atoms with Crippen molar-refractivity contribution in [2.45, 2.75) is 45.4 Å². The number of imidazole rings is 1. The van der Waals surface area contributed by atoms with Crippen molar-refractivity contribution in [3.8, 4) is 11.3 Å². The van der Waals surface area contributed by atoms with Crippen LogP contribution < -0.4 is 5.32 Å². The Morgan fingerprint density at radius 2 is 2.03 bits per heavy atom. The average Bonchev–Trinajstić information content (AvgIpc) is 3.30. The third kappa shape index (κ3) is 3.75. The van der Waals surface area contributed by atoms with Gasteiger partial charge in [-0.15, -0.1) is 5.10 Å². The largest absolute Gasteiger partial charge is 0.382 e. The van der Waals surface area contributed by atoms with Gasteiger partial charge in [-0.25, -0.2) is 19.5 Å². The van der Waals surface area contributed by atoms with E-state index in [-0.39, 0.29) is 6.10 Å². The summed E-state index contributed by atoms with van der Waals surface area (Å²) in [5.41, 5.74) is 4.64. The van der Waals surface area contributed by atoms with Crippen LogP contribution in [0.3, 0.4) is 0 Å². The van der Waals surface area contributed by atoms with E-state index in [1.807, 2.05) is 42.0 Å². The Morgan fingerprint density at radius 3 is 2.84 bits per heavy atom. The van der Waals surface area contributed by atoms with Gasteiger partial charge in [-0.05, 0) is 44.9 Å². The van der Waals surface area contributed by atoms with Crippen LogP contribution in [0.15, 0.2) is 30.6 Å². The number of rotatable bonds is 8. The molecule has 0 amide bonds. The number of fused-ring (bicyclic) bond motifs is 2. The number of ether oxygens (including phenoxy) is 2. The highest BCUT2D eigenvalue weighted by atomic mass is 16.5. The number of nitrogens with one attached hydrogen (secondary N) is 1. The fourth-order valence-electron chi connectivity index (χ4n) is 4.13. The van der Waals surface area contributed by atoms with Gasteiger partial charge in [-0.1, -0.05) is 0 Å². The van der Waals surface area contributed by atoms with E-state index in [0.29, 0.717) is 25.2 Å². The summed E-state index contributed by atoms with van der Waals surface area (Å²) in [5.74, 6) is 1.60. The molecule has 0 unspecified atom stereocenters. The SMILES string of the molecule is CCn1c(C)nc2ccc(-c3ccn4nc(N[C@H]5C[C@@H](OCCOC)C5)ncc34)nc21. The summed E-state index contributed by atoms with van der Waals surface area (Å²) >= 11 is 0. The van der Waals surface area contributed by atoms with E-state index in [4.69, 9.17) is 14.5 Å². The zero-order valence-corrected chi connectivity index (χ0v) is 18.1. The second kappa shape index (κ2) is 8.24. The standard InChI is InChI=1S/C22H27N7O2/c1-4-28-14(2)24-19-6-5-18(26-21(19)28)17-7-8-29-20(17)13-23-22(27-29)25-15-11-16(12-15)31-10-9-30-3/h5-8,13,15-16H,4,9-12H2,1-3H3,(H,25,27)/t15-,16+. The van der Waals surface area contributed by atoms with Crippen LogP contribution >= 0.6 is 0 Å². The zero-order chi connectivity index (χ0) is 21.4. The first-order valence-electron chi connectivity index (χ1n) is 10.7. The zero-order valence-electron chi connectivity index (χ0n) is 18.1. The summed E-state index contributed by atoms with van der Waals surface area (Å²) in [6.45, 7) is 6.23. The molecule has 0 aromatic carbocycles. The third-order valence-electron chi connectivity index (χ3n) is 5.86. The van der Waals surface area contributed by atoms with Gasteiger partial charge in [0, 0.05) is 31.5 Å². The van der Waals surface area contributed by atoms with E-state index in [1.165, 1.54) is 0 Å². The van der Waals surface area contributed by atoms with Gasteiger partial charge in [0.25, 0.3) is 0 Å².